The van der Waals surface area contributed by atoms with Gasteiger partial charge in [-0.3, -0.25) is 0 Å². The van der Waals surface area contributed by atoms with E-state index in [-0.39, 0.29) is 0 Å². The number of H-pyrrole nitrogens is 1. The molecule has 0 atom stereocenters. The average molecular weight is 159 g/mol. The molecule has 2 aromatic rings. The van der Waals surface area contributed by atoms with Crippen LogP contribution in [0.25, 0.3) is 10.8 Å². The molecule has 2 heteroatoms. The SMILES string of the molecule is CNc1c[nH+]cc2ccccc12. The molecule has 1 aromatic heterocycles. The second-order valence-corrected chi connectivity index (χ2v) is 2.71. The number of hydrogen-bond acceptors (Lipinski definition) is 1. The molecule has 0 aliphatic carbocycles. The van der Waals surface area contributed by atoms with Crippen molar-refractivity contribution in [3.8, 4) is 0 Å². The van der Waals surface area contributed by atoms with Crippen LogP contribution in [-0.4, -0.2) is 7.05 Å². The summed E-state index contributed by atoms with van der Waals surface area (Å²) in [5.41, 5.74) is 1.13. The van der Waals surface area contributed by atoms with Crippen LogP contribution in [0.4, 0.5) is 5.69 Å². The van der Waals surface area contributed by atoms with Gasteiger partial charge in [-0.2, -0.15) is 0 Å². The van der Waals surface area contributed by atoms with Gasteiger partial charge in [-0.15, -0.1) is 0 Å². The lowest BCUT2D eigenvalue weighted by Crippen LogP contribution is -2.02. The molecule has 1 aromatic carbocycles. The van der Waals surface area contributed by atoms with Gasteiger partial charge in [0.15, 0.2) is 12.4 Å². The Balaban J connectivity index is 2.79. The van der Waals surface area contributed by atoms with Crippen molar-refractivity contribution in [2.24, 2.45) is 0 Å². The Labute approximate surface area is 71.2 Å². The predicted molar refractivity (Wildman–Crippen MR) is 50.1 cm³/mol. The lowest BCUT2D eigenvalue weighted by molar-refractivity contribution is -0.374. The molecule has 0 bridgehead atoms. The molecule has 60 valence electrons. The molecular formula is C10H11N2+. The zero-order valence-electron chi connectivity index (χ0n) is 6.96. The molecule has 0 radical (unpaired) electrons. The van der Waals surface area contributed by atoms with E-state index in [9.17, 15) is 0 Å². The maximum absolute atomic E-state index is 3.14. The number of pyridine rings is 1. The summed E-state index contributed by atoms with van der Waals surface area (Å²) in [7, 11) is 1.93. The van der Waals surface area contributed by atoms with Crippen molar-refractivity contribution in [3.63, 3.8) is 0 Å². The summed E-state index contributed by atoms with van der Waals surface area (Å²) in [6.45, 7) is 0. The van der Waals surface area contributed by atoms with Crippen LogP contribution in [0.1, 0.15) is 0 Å². The molecule has 12 heavy (non-hydrogen) atoms. The van der Waals surface area contributed by atoms with E-state index in [1.165, 1.54) is 10.8 Å². The quantitative estimate of drug-likeness (QED) is 0.673. The Morgan fingerprint density at radius 1 is 1.17 bits per heavy atom. The first kappa shape index (κ1) is 7.10. The van der Waals surface area contributed by atoms with Gasteiger partial charge >= 0.3 is 0 Å². The number of rotatable bonds is 1. The highest BCUT2D eigenvalue weighted by molar-refractivity contribution is 5.91. The summed E-state index contributed by atoms with van der Waals surface area (Å²) in [6, 6.07) is 8.28. The van der Waals surface area contributed by atoms with Crippen molar-refractivity contribution in [1.29, 1.82) is 0 Å². The van der Waals surface area contributed by atoms with Crippen LogP contribution in [0.3, 0.4) is 0 Å². The zero-order chi connectivity index (χ0) is 8.39. The third-order valence-electron chi connectivity index (χ3n) is 1.99. The zero-order valence-corrected chi connectivity index (χ0v) is 6.96. The molecule has 0 amide bonds. The lowest BCUT2D eigenvalue weighted by Gasteiger charge is -1.99. The number of fused-ring (bicyclic) bond motifs is 1. The highest BCUT2D eigenvalue weighted by Crippen LogP contribution is 2.18. The molecule has 2 nitrogen and oxygen atoms in total. The van der Waals surface area contributed by atoms with E-state index in [1.54, 1.807) is 0 Å². The van der Waals surface area contributed by atoms with Crippen LogP contribution in [0.15, 0.2) is 36.7 Å². The first-order valence-electron chi connectivity index (χ1n) is 3.98. The summed E-state index contributed by atoms with van der Waals surface area (Å²) in [4.78, 5) is 3.09. The van der Waals surface area contributed by atoms with E-state index in [2.05, 4.69) is 22.4 Å². The first-order valence-corrected chi connectivity index (χ1v) is 3.98. The molecule has 0 unspecified atom stereocenters. The summed E-state index contributed by atoms with van der Waals surface area (Å²) >= 11 is 0. The van der Waals surface area contributed by atoms with Gasteiger partial charge in [0.2, 0.25) is 0 Å². The Morgan fingerprint density at radius 2 is 2.00 bits per heavy atom. The Kier molecular flexibility index (Phi) is 1.67. The van der Waals surface area contributed by atoms with Crippen molar-refractivity contribution in [1.82, 2.24) is 0 Å². The number of aromatic amines is 1. The van der Waals surface area contributed by atoms with Gasteiger partial charge in [0.05, 0.1) is 0 Å². The predicted octanol–water partition coefficient (Wildman–Crippen LogP) is 1.70. The molecule has 0 fully saturated rings. The third kappa shape index (κ3) is 1.01. The van der Waals surface area contributed by atoms with Crippen molar-refractivity contribution in [2.45, 2.75) is 0 Å². The van der Waals surface area contributed by atoms with E-state index < -0.39 is 0 Å². The molecule has 0 aliphatic heterocycles. The van der Waals surface area contributed by atoms with Gasteiger partial charge < -0.3 is 5.32 Å². The average Bonchev–Trinajstić information content (AvgIpc) is 2.17. The fraction of sp³-hybridized carbons (Fsp3) is 0.100. The summed E-state index contributed by atoms with van der Waals surface area (Å²) in [5, 5.41) is 5.61. The molecule has 0 spiro atoms. The van der Waals surface area contributed by atoms with Gasteiger partial charge in [0, 0.05) is 17.8 Å². The van der Waals surface area contributed by atoms with Gasteiger partial charge in [-0.1, -0.05) is 18.2 Å². The number of nitrogens with one attached hydrogen (secondary N) is 2. The summed E-state index contributed by atoms with van der Waals surface area (Å²) in [6.07, 6.45) is 3.96. The maximum Gasteiger partial charge on any atom is 0.191 e. The highest BCUT2D eigenvalue weighted by atomic mass is 14.8. The van der Waals surface area contributed by atoms with E-state index >= 15 is 0 Å². The largest absolute Gasteiger partial charge is 0.383 e. The molecule has 0 saturated heterocycles. The molecule has 0 aliphatic rings. The summed E-state index contributed by atoms with van der Waals surface area (Å²) in [5.74, 6) is 0. The second-order valence-electron chi connectivity index (χ2n) is 2.71. The normalized spacial score (nSPS) is 10.1. The van der Waals surface area contributed by atoms with E-state index in [0.29, 0.717) is 0 Å². The van der Waals surface area contributed by atoms with E-state index in [1.807, 2.05) is 31.6 Å². The molecule has 2 N–H and O–H groups in total. The van der Waals surface area contributed by atoms with Gasteiger partial charge in [0.25, 0.3) is 0 Å². The minimum atomic E-state index is 1.13. The number of benzene rings is 1. The topological polar surface area (TPSA) is 26.2 Å². The first-order chi connectivity index (χ1) is 5.92. The summed E-state index contributed by atoms with van der Waals surface area (Å²) < 4.78 is 0. The fourth-order valence-corrected chi connectivity index (χ4v) is 1.37. The fourth-order valence-electron chi connectivity index (χ4n) is 1.37. The maximum atomic E-state index is 3.14. The molecule has 0 saturated carbocycles. The number of anilines is 1. The molecule has 1 heterocycles. The lowest BCUT2D eigenvalue weighted by atomic mass is 10.1. The Bertz CT molecular complexity index is 390. The van der Waals surface area contributed by atoms with Crippen LogP contribution < -0.4 is 10.3 Å². The van der Waals surface area contributed by atoms with Crippen LogP contribution >= 0.6 is 0 Å². The van der Waals surface area contributed by atoms with Crippen LogP contribution in [0, 0.1) is 0 Å². The van der Waals surface area contributed by atoms with Crippen LogP contribution in [-0.2, 0) is 0 Å². The van der Waals surface area contributed by atoms with Crippen LogP contribution in [0.2, 0.25) is 0 Å². The van der Waals surface area contributed by atoms with E-state index in [0.717, 1.165) is 5.69 Å². The van der Waals surface area contributed by atoms with Crippen LogP contribution in [0.5, 0.6) is 0 Å². The molecular weight excluding hydrogens is 148 g/mol. The van der Waals surface area contributed by atoms with Crippen molar-refractivity contribution >= 4 is 16.5 Å². The van der Waals surface area contributed by atoms with Crippen molar-refractivity contribution in [3.05, 3.63) is 36.7 Å². The number of hydrogen-bond donors (Lipinski definition) is 1. The van der Waals surface area contributed by atoms with Crippen molar-refractivity contribution < 1.29 is 4.98 Å². The second kappa shape index (κ2) is 2.81. The minimum absolute atomic E-state index is 1.13. The monoisotopic (exact) mass is 159 g/mol. The standard InChI is InChI=1S/C10H10N2/c1-11-10-7-12-6-8-4-2-3-5-9(8)10/h2-7,11H,1H3/p+1. The Hall–Kier alpha value is -1.57. The van der Waals surface area contributed by atoms with Gasteiger partial charge in [0.1, 0.15) is 5.69 Å². The smallest absolute Gasteiger partial charge is 0.191 e. The van der Waals surface area contributed by atoms with Gasteiger partial charge in [-0.25, -0.2) is 4.98 Å². The Morgan fingerprint density at radius 3 is 2.83 bits per heavy atom. The van der Waals surface area contributed by atoms with Gasteiger partial charge in [-0.05, 0) is 6.07 Å². The third-order valence-corrected chi connectivity index (χ3v) is 1.99. The molecule has 2 rings (SSSR count). The van der Waals surface area contributed by atoms with Crippen molar-refractivity contribution in [2.75, 3.05) is 12.4 Å². The minimum Gasteiger partial charge on any atom is -0.383 e. The number of aromatic nitrogens is 1. The highest BCUT2D eigenvalue weighted by Gasteiger charge is 2.00. The van der Waals surface area contributed by atoms with E-state index in [4.69, 9.17) is 0 Å².